The van der Waals surface area contributed by atoms with E-state index in [9.17, 15) is 28.8 Å². The number of methoxy groups -OCH3 is 1. The summed E-state index contributed by atoms with van der Waals surface area (Å²) < 4.78 is 6.54. The molecule has 4 N–H and O–H groups in total. The Morgan fingerprint density at radius 1 is 0.614 bits per heavy atom. The van der Waals surface area contributed by atoms with Crippen molar-refractivity contribution in [2.45, 2.75) is 200 Å². The average Bonchev–Trinajstić information content (AvgIpc) is 0.786. The van der Waals surface area contributed by atoms with E-state index in [-0.39, 0.29) is 56.9 Å². The van der Waals surface area contributed by atoms with E-state index >= 15 is 28.8 Å². The molecule has 0 spiro atoms. The molecule has 0 saturated carbocycles. The Kier molecular flexibility index (Phi) is 29.7. The van der Waals surface area contributed by atoms with Crippen LogP contribution in [0.2, 0.25) is 0 Å². The second-order valence-electron chi connectivity index (χ2n) is 29.0. The Morgan fingerprint density at radius 3 is 1.85 bits per heavy atom. The van der Waals surface area contributed by atoms with Crippen molar-refractivity contribution < 1.29 is 62.3 Å². The summed E-state index contributed by atoms with van der Waals surface area (Å²) in [5.41, 5.74) is 1.02. The number of aryl methyl sites for hydroxylation is 1. The number of halogens is 1. The maximum Gasteiger partial charge on any atom is 0.246 e. The first-order valence-electron chi connectivity index (χ1n) is 35.3. The van der Waals surface area contributed by atoms with E-state index in [1.54, 1.807) is 48.2 Å². The molecule has 0 aromatic heterocycles. The highest BCUT2D eigenvalue weighted by molar-refractivity contribution is 14.1. The number of likely N-dealkylation sites (N-methyl/N-ethyl adjacent to an activating group) is 6. The zero-order valence-corrected chi connectivity index (χ0v) is 64.4. The van der Waals surface area contributed by atoms with Crippen LogP contribution in [0.3, 0.4) is 0 Å². The minimum Gasteiger partial charge on any atom is -0.496 e. The van der Waals surface area contributed by atoms with Gasteiger partial charge in [-0.1, -0.05) is 108 Å². The lowest BCUT2D eigenvalue weighted by Crippen LogP contribution is -2.65. The number of likely N-dealkylation sites (tertiary alicyclic amines) is 1. The number of nitrogens with zero attached hydrogens (tertiary/aromatic N) is 8. The Bertz CT molecular complexity index is 3470. The van der Waals surface area contributed by atoms with Gasteiger partial charge in [0.05, 0.1) is 20.1 Å². The monoisotopic (exact) mass is 1510 g/mol. The van der Waals surface area contributed by atoms with Crippen molar-refractivity contribution in [2.24, 2.45) is 17.8 Å². The number of benzene rings is 3. The van der Waals surface area contributed by atoms with Crippen molar-refractivity contribution in [3.8, 4) is 5.75 Å². The van der Waals surface area contributed by atoms with Crippen molar-refractivity contribution in [1.82, 2.24) is 60.5 Å². The topological polar surface area (TPSA) is 288 Å². The van der Waals surface area contributed by atoms with Crippen molar-refractivity contribution in [2.75, 3.05) is 75.6 Å². The highest BCUT2D eigenvalue weighted by Gasteiger charge is 2.47. The number of amides is 12. The summed E-state index contributed by atoms with van der Waals surface area (Å²) in [6.07, 6.45) is 2.25. The molecule has 3 aliphatic rings. The summed E-state index contributed by atoms with van der Waals surface area (Å²) in [5, 5.41) is 11.6. The standard InChI is InChI=1S/C75H109IN12O13/c1-18-48(7)64-73(99)82(12)49(8)67(93)88-36-33-57(88)71(97)85(15)59(41-50-31-29-47(6)30-32-50)70(96)81(11)44-62(89)77-54(40-51-25-24-27-53(76)39-51)65(91)78-56(42-52-26-20-21-28-61(52)101-17)69(95)86(16)75(9,10)74(100)79-55(37-45(2)3)68(94)84(14)60(72(98)87-34-22-19-23-35-87)43-63(90)83(13)58(38-46(4)5)66(92)80-64/h20-21,24-32,39,45-46,48-49,54-60,64H,18-19,22-23,33-38,40-44H2,1-17H3,(H,77,89)(H,78,91)(H,79,100)(H,80,92)/t48-,49-,54-,55-,56-,57?,58-,59-,60-,64-/m0/s1. The van der Waals surface area contributed by atoms with Crippen molar-refractivity contribution in [3.05, 3.63) is 98.6 Å². The van der Waals surface area contributed by atoms with Crippen LogP contribution in [-0.2, 0) is 76.8 Å². The van der Waals surface area contributed by atoms with Crippen LogP contribution in [0.1, 0.15) is 136 Å². The van der Waals surface area contributed by atoms with Crippen LogP contribution in [0.15, 0.2) is 72.8 Å². The third kappa shape index (κ3) is 21.0. The van der Waals surface area contributed by atoms with E-state index in [1.807, 2.05) is 77.9 Å². The van der Waals surface area contributed by atoms with Gasteiger partial charge in [0, 0.05) is 84.8 Å². The van der Waals surface area contributed by atoms with Gasteiger partial charge in [-0.3, -0.25) is 57.5 Å². The first kappa shape index (κ1) is 81.8. The number of fused-ring (bicyclic) bond motifs is 1. The third-order valence-electron chi connectivity index (χ3n) is 20.3. The molecule has 3 heterocycles. The van der Waals surface area contributed by atoms with Gasteiger partial charge >= 0.3 is 0 Å². The average molecular weight is 1510 g/mol. The van der Waals surface area contributed by atoms with Gasteiger partial charge in [0.1, 0.15) is 65.7 Å². The number of carbonyl (C=O) groups is 12. The second-order valence-corrected chi connectivity index (χ2v) is 30.3. The molecule has 3 aromatic carbocycles. The molecule has 0 radical (unpaired) electrons. The van der Waals surface area contributed by atoms with Crippen molar-refractivity contribution >= 4 is 93.5 Å². The normalized spacial score (nSPS) is 25.0. The SMILES string of the molecule is CC[C@H](C)[C@@H]1NC(=O)[C@H](CC(C)C)N(C)C(=O)C[C@@H](C(=O)N2CCCCC2)N(C)C(=O)[C@H](CC(C)C)NC(=O)C(C)(C)N(C)C(=O)[C@H](Cc2ccccc2OC)NC(=O)[C@H](Cc2cccc(I)c2)NC(=O)CN(C)C(=O)[C@H](Cc2ccc(C)cc2)N(C)C(=O)C2CCN2C(=O)[C@H](C)N(C)C1=O. The van der Waals surface area contributed by atoms with Gasteiger partial charge in [0.15, 0.2) is 0 Å². The van der Waals surface area contributed by atoms with Gasteiger partial charge in [-0.25, -0.2) is 0 Å². The first-order chi connectivity index (χ1) is 47.5. The summed E-state index contributed by atoms with van der Waals surface area (Å²) in [6.45, 7) is 17.8. The summed E-state index contributed by atoms with van der Waals surface area (Å²) >= 11 is 2.13. The lowest BCUT2D eigenvalue weighted by Gasteiger charge is -2.45. The fraction of sp³-hybridized carbons (Fsp3) is 0.600. The molecule has 3 aliphatic heterocycles. The van der Waals surface area contributed by atoms with Gasteiger partial charge < -0.3 is 65.2 Å². The predicted octanol–water partition coefficient (Wildman–Crippen LogP) is 4.75. The maximum atomic E-state index is 15.4. The lowest BCUT2D eigenvalue weighted by molar-refractivity contribution is -0.160. The van der Waals surface area contributed by atoms with Crippen LogP contribution in [-0.4, -0.2) is 246 Å². The number of carbonyl (C=O) groups excluding carboxylic acids is 12. The molecule has 3 aromatic rings. The number of hydrogen-bond donors (Lipinski definition) is 4. The first-order valence-corrected chi connectivity index (χ1v) is 36.4. The van der Waals surface area contributed by atoms with E-state index in [0.29, 0.717) is 54.8 Å². The van der Waals surface area contributed by atoms with Crippen LogP contribution < -0.4 is 26.0 Å². The molecule has 0 bridgehead atoms. The van der Waals surface area contributed by atoms with Gasteiger partial charge in [-0.05, 0) is 141 Å². The van der Waals surface area contributed by atoms with Gasteiger partial charge in [-0.15, -0.1) is 0 Å². The number of para-hydroxylation sites is 1. The maximum absolute atomic E-state index is 15.4. The number of rotatable bonds is 14. The predicted molar refractivity (Wildman–Crippen MR) is 392 cm³/mol. The Balaban J connectivity index is 1.47. The molecule has 101 heavy (non-hydrogen) atoms. The molecule has 6 rings (SSSR count). The molecular weight excluding hydrogens is 1400 g/mol. The van der Waals surface area contributed by atoms with Gasteiger partial charge in [0.2, 0.25) is 70.9 Å². The summed E-state index contributed by atoms with van der Waals surface area (Å²) in [5.74, 6) is -8.48. The molecule has 1 unspecified atom stereocenters. The van der Waals surface area contributed by atoms with E-state index in [1.165, 1.54) is 99.6 Å². The zero-order chi connectivity index (χ0) is 75.1. The molecule has 3 saturated heterocycles. The zero-order valence-electron chi connectivity index (χ0n) is 62.2. The number of ether oxygens (including phenoxy) is 1. The van der Waals surface area contributed by atoms with E-state index in [2.05, 4.69) is 43.9 Å². The molecule has 12 amide bonds. The van der Waals surface area contributed by atoms with Crippen LogP contribution in [0.5, 0.6) is 5.75 Å². The number of nitrogens with one attached hydrogen (secondary N) is 4. The van der Waals surface area contributed by atoms with Gasteiger partial charge in [0.25, 0.3) is 0 Å². The van der Waals surface area contributed by atoms with Crippen LogP contribution >= 0.6 is 22.6 Å². The van der Waals surface area contributed by atoms with Crippen LogP contribution in [0, 0.1) is 28.2 Å². The molecule has 3 fully saturated rings. The highest BCUT2D eigenvalue weighted by atomic mass is 127. The molecule has 554 valence electrons. The Morgan fingerprint density at radius 2 is 1.26 bits per heavy atom. The second kappa shape index (κ2) is 36.6. The van der Waals surface area contributed by atoms with E-state index in [4.69, 9.17) is 4.74 Å². The van der Waals surface area contributed by atoms with E-state index in [0.717, 1.165) is 20.5 Å². The number of hydrogen-bond acceptors (Lipinski definition) is 13. The van der Waals surface area contributed by atoms with Gasteiger partial charge in [-0.2, -0.15) is 0 Å². The van der Waals surface area contributed by atoms with Crippen LogP contribution in [0.4, 0.5) is 0 Å². The fourth-order valence-electron chi connectivity index (χ4n) is 13.0. The minimum atomic E-state index is -1.78. The summed E-state index contributed by atoms with van der Waals surface area (Å²) in [7, 11) is 10.0. The summed E-state index contributed by atoms with van der Waals surface area (Å²) in [4.78, 5) is 190. The van der Waals surface area contributed by atoms with E-state index < -0.39 is 150 Å². The quantitative estimate of drug-likeness (QED) is 0.159. The smallest absolute Gasteiger partial charge is 0.246 e. The largest absolute Gasteiger partial charge is 0.496 e. The Labute approximate surface area is 610 Å². The van der Waals surface area contributed by atoms with Crippen LogP contribution in [0.25, 0.3) is 0 Å². The minimum absolute atomic E-state index is 0.00541. The van der Waals surface area contributed by atoms with Crippen molar-refractivity contribution in [1.29, 1.82) is 0 Å². The molecule has 25 nitrogen and oxygen atoms in total. The van der Waals surface area contributed by atoms with Crippen molar-refractivity contribution in [3.63, 3.8) is 0 Å². The molecular formula is C75H109IN12O13. The third-order valence-corrected chi connectivity index (χ3v) is 21.0. The Hall–Kier alpha value is -8.17. The molecule has 10 atom stereocenters. The molecule has 0 aliphatic carbocycles. The summed E-state index contributed by atoms with van der Waals surface area (Å²) in [6, 6.07) is 10.2. The highest BCUT2D eigenvalue weighted by Crippen LogP contribution is 2.28. The lowest BCUT2D eigenvalue weighted by atomic mass is 9.94. The fourth-order valence-corrected chi connectivity index (χ4v) is 13.6. The number of piperidine rings is 1. The molecule has 26 heteroatoms.